The third-order valence-electron chi connectivity index (χ3n) is 5.76. The fourth-order valence-electron chi connectivity index (χ4n) is 3.83. The number of hydrogen-bond donors (Lipinski definition) is 1. The molecule has 3 aromatic carbocycles. The fraction of sp³-hybridized carbons (Fsp3) is 0.240. The van der Waals surface area contributed by atoms with Crippen LogP contribution in [0.25, 0.3) is 11.1 Å². The Kier molecular flexibility index (Phi) is 5.61. The Morgan fingerprint density at radius 2 is 1.57 bits per heavy atom. The second-order valence-electron chi connectivity index (χ2n) is 8.02. The van der Waals surface area contributed by atoms with Crippen LogP contribution in [0.1, 0.15) is 28.2 Å². The molecule has 0 bridgehead atoms. The van der Waals surface area contributed by atoms with Gasteiger partial charge in [0.2, 0.25) is 5.91 Å². The number of carbonyl (C=O) groups is 1. The van der Waals surface area contributed by atoms with Crippen molar-refractivity contribution >= 4 is 46.4 Å². The van der Waals surface area contributed by atoms with Gasteiger partial charge in [0.1, 0.15) is 4.33 Å². The average Bonchev–Trinajstić information content (AvgIpc) is 3.28. The summed E-state index contributed by atoms with van der Waals surface area (Å²) >= 11 is 19.2. The van der Waals surface area contributed by atoms with E-state index >= 15 is 0 Å². The number of rotatable bonds is 4. The lowest BCUT2D eigenvalue weighted by molar-refractivity contribution is -0.117. The zero-order valence-electron chi connectivity index (χ0n) is 17.0. The quantitative estimate of drug-likeness (QED) is 0.404. The summed E-state index contributed by atoms with van der Waals surface area (Å²) in [4.78, 5) is 13.0. The minimum absolute atomic E-state index is 0.194. The molecule has 0 aliphatic heterocycles. The normalized spacial score (nSPS) is 19.4. The van der Waals surface area contributed by atoms with Crippen LogP contribution in [-0.4, -0.2) is 10.2 Å². The van der Waals surface area contributed by atoms with Crippen molar-refractivity contribution < 1.29 is 4.79 Å². The minimum atomic E-state index is -1.15. The number of benzene rings is 3. The maximum absolute atomic E-state index is 13.0. The summed E-state index contributed by atoms with van der Waals surface area (Å²) in [7, 11) is 0. The van der Waals surface area contributed by atoms with E-state index in [2.05, 4.69) is 43.4 Å². The van der Waals surface area contributed by atoms with Crippen molar-refractivity contribution in [1.29, 1.82) is 0 Å². The third-order valence-corrected chi connectivity index (χ3v) is 7.11. The first kappa shape index (κ1) is 21.2. The van der Waals surface area contributed by atoms with Gasteiger partial charge in [-0.2, -0.15) is 0 Å². The highest BCUT2D eigenvalue weighted by atomic mass is 35.5. The molecule has 1 N–H and O–H groups in total. The molecule has 1 aliphatic rings. The lowest BCUT2D eigenvalue weighted by atomic mass is 9.99. The van der Waals surface area contributed by atoms with Gasteiger partial charge in [0, 0.05) is 16.6 Å². The third kappa shape index (κ3) is 3.97. The first-order chi connectivity index (χ1) is 14.2. The van der Waals surface area contributed by atoms with Gasteiger partial charge in [-0.3, -0.25) is 4.79 Å². The monoisotopic (exact) mass is 457 g/mol. The van der Waals surface area contributed by atoms with Gasteiger partial charge in [0.15, 0.2) is 0 Å². The second kappa shape index (κ2) is 7.92. The van der Waals surface area contributed by atoms with Crippen LogP contribution in [0.2, 0.25) is 5.02 Å². The number of amides is 1. The van der Waals surface area contributed by atoms with Crippen LogP contribution in [0.15, 0.2) is 60.7 Å². The van der Waals surface area contributed by atoms with Crippen molar-refractivity contribution in [3.63, 3.8) is 0 Å². The van der Waals surface area contributed by atoms with E-state index in [1.807, 2.05) is 43.3 Å². The maximum Gasteiger partial charge on any atom is 0.231 e. The van der Waals surface area contributed by atoms with Crippen LogP contribution in [0.4, 0.5) is 5.69 Å². The van der Waals surface area contributed by atoms with E-state index in [-0.39, 0.29) is 11.8 Å². The summed E-state index contributed by atoms with van der Waals surface area (Å²) in [5, 5.41) is 3.64. The number of aryl methyl sites for hydroxylation is 3. The number of alkyl halides is 2. The zero-order valence-corrected chi connectivity index (χ0v) is 19.2. The Labute approximate surface area is 192 Å². The van der Waals surface area contributed by atoms with Crippen LogP contribution in [-0.2, 0) is 4.79 Å². The van der Waals surface area contributed by atoms with Crippen LogP contribution < -0.4 is 5.32 Å². The molecule has 2 atom stereocenters. The van der Waals surface area contributed by atoms with Gasteiger partial charge in [0.05, 0.1) is 5.92 Å². The predicted octanol–water partition coefficient (Wildman–Crippen LogP) is 7.46. The van der Waals surface area contributed by atoms with Gasteiger partial charge < -0.3 is 5.32 Å². The Morgan fingerprint density at radius 3 is 2.23 bits per heavy atom. The van der Waals surface area contributed by atoms with E-state index in [1.165, 1.54) is 5.56 Å². The molecule has 0 aromatic heterocycles. The van der Waals surface area contributed by atoms with Crippen molar-refractivity contribution in [1.82, 2.24) is 0 Å². The summed E-state index contributed by atoms with van der Waals surface area (Å²) in [6.07, 6.45) is 0. The lowest BCUT2D eigenvalue weighted by Crippen LogP contribution is -2.17. The molecule has 1 aliphatic carbocycles. The van der Waals surface area contributed by atoms with Crippen molar-refractivity contribution in [2.24, 2.45) is 5.92 Å². The highest BCUT2D eigenvalue weighted by molar-refractivity contribution is 6.53. The van der Waals surface area contributed by atoms with Gasteiger partial charge in [-0.15, -0.1) is 23.2 Å². The lowest BCUT2D eigenvalue weighted by Gasteiger charge is -2.11. The Balaban J connectivity index is 1.56. The molecular formula is C25H22Cl3NO. The van der Waals surface area contributed by atoms with Gasteiger partial charge >= 0.3 is 0 Å². The molecule has 0 saturated heterocycles. The molecule has 1 fully saturated rings. The molecule has 1 amide bonds. The zero-order chi connectivity index (χ0) is 21.6. The molecule has 2 nitrogen and oxygen atoms in total. The van der Waals surface area contributed by atoms with Crippen molar-refractivity contribution in [3.05, 3.63) is 87.9 Å². The van der Waals surface area contributed by atoms with Crippen molar-refractivity contribution in [3.8, 4) is 11.1 Å². The van der Waals surface area contributed by atoms with Crippen molar-refractivity contribution in [2.45, 2.75) is 31.0 Å². The molecule has 30 heavy (non-hydrogen) atoms. The largest absolute Gasteiger partial charge is 0.326 e. The summed E-state index contributed by atoms with van der Waals surface area (Å²) < 4.78 is -1.15. The Bertz CT molecular complexity index is 1120. The van der Waals surface area contributed by atoms with E-state index < -0.39 is 10.3 Å². The molecule has 0 radical (unpaired) electrons. The predicted molar refractivity (Wildman–Crippen MR) is 127 cm³/mol. The first-order valence-electron chi connectivity index (χ1n) is 9.81. The molecular weight excluding hydrogens is 437 g/mol. The molecule has 5 heteroatoms. The maximum atomic E-state index is 13.0. The van der Waals surface area contributed by atoms with Gasteiger partial charge in [-0.25, -0.2) is 0 Å². The topological polar surface area (TPSA) is 29.1 Å². The van der Waals surface area contributed by atoms with Crippen LogP contribution in [0, 0.1) is 26.7 Å². The number of halogens is 3. The van der Waals surface area contributed by atoms with Crippen molar-refractivity contribution in [2.75, 3.05) is 5.32 Å². The summed E-state index contributed by atoms with van der Waals surface area (Å²) in [5.41, 5.74) is 7.10. The standard InChI is InChI=1S/C25H22Cl3NO/c1-14-4-8-17(9-5-14)20-13-19(11-7-15(20)2)29-24(30)23-22(25(23,27)28)18-10-6-16(3)21(26)12-18/h4-13,22-23H,1-3H3,(H,29,30). The fourth-order valence-corrected chi connectivity index (χ4v) is 4.85. The summed E-state index contributed by atoms with van der Waals surface area (Å²) in [6, 6.07) is 19.9. The van der Waals surface area contributed by atoms with E-state index in [0.717, 1.165) is 33.5 Å². The molecule has 2 unspecified atom stereocenters. The molecule has 1 saturated carbocycles. The number of anilines is 1. The molecule has 4 rings (SSSR count). The second-order valence-corrected chi connectivity index (χ2v) is 9.87. The number of nitrogens with one attached hydrogen (secondary N) is 1. The van der Waals surface area contributed by atoms with Crippen LogP contribution in [0.5, 0.6) is 0 Å². The molecule has 154 valence electrons. The average molecular weight is 459 g/mol. The summed E-state index contributed by atoms with van der Waals surface area (Å²) in [5.74, 6) is -1.02. The minimum Gasteiger partial charge on any atom is -0.326 e. The highest BCUT2D eigenvalue weighted by Gasteiger charge is 2.67. The van der Waals surface area contributed by atoms with Gasteiger partial charge in [-0.05, 0) is 66.8 Å². The van der Waals surface area contributed by atoms with E-state index in [0.29, 0.717) is 5.02 Å². The van der Waals surface area contributed by atoms with Gasteiger partial charge in [0.25, 0.3) is 0 Å². The highest BCUT2D eigenvalue weighted by Crippen LogP contribution is 2.65. The Morgan fingerprint density at radius 1 is 0.900 bits per heavy atom. The van der Waals surface area contributed by atoms with E-state index in [9.17, 15) is 4.79 Å². The summed E-state index contributed by atoms with van der Waals surface area (Å²) in [6.45, 7) is 6.05. The molecule has 3 aromatic rings. The SMILES string of the molecule is Cc1ccc(-c2cc(NC(=O)C3C(c4ccc(C)c(Cl)c4)C3(Cl)Cl)ccc2C)cc1. The number of hydrogen-bond acceptors (Lipinski definition) is 1. The van der Waals surface area contributed by atoms with Crippen LogP contribution in [0.3, 0.4) is 0 Å². The number of carbonyl (C=O) groups excluding carboxylic acids is 1. The molecule has 0 spiro atoms. The Hall–Kier alpha value is -2.00. The first-order valence-corrected chi connectivity index (χ1v) is 10.9. The smallest absolute Gasteiger partial charge is 0.231 e. The van der Waals surface area contributed by atoms with E-state index in [1.54, 1.807) is 0 Å². The molecule has 0 heterocycles. The van der Waals surface area contributed by atoms with Crippen LogP contribution >= 0.6 is 34.8 Å². The van der Waals surface area contributed by atoms with Gasteiger partial charge in [-0.1, -0.05) is 59.6 Å². The van der Waals surface area contributed by atoms with E-state index in [4.69, 9.17) is 34.8 Å².